The number of rotatable bonds is 4. The van der Waals surface area contributed by atoms with E-state index >= 15 is 0 Å². The van der Waals surface area contributed by atoms with Gasteiger partial charge in [-0.05, 0) is 12.0 Å². The first-order chi connectivity index (χ1) is 7.41. The van der Waals surface area contributed by atoms with E-state index in [1.165, 1.54) is 18.2 Å². The maximum absolute atomic E-state index is 10.5. The largest absolute Gasteiger partial charge is 0.508 e. The van der Waals surface area contributed by atoms with Gasteiger partial charge in [-0.1, -0.05) is 6.92 Å². The average molecular weight is 225 g/mol. The van der Waals surface area contributed by atoms with Crippen LogP contribution in [-0.4, -0.2) is 21.1 Å². The molecule has 0 aromatic heterocycles. The molecular formula is C10H11NO5. The molecule has 0 radical (unpaired) electrons. The summed E-state index contributed by atoms with van der Waals surface area (Å²) in [4.78, 5) is 20.4. The average Bonchev–Trinajstić information content (AvgIpc) is 2.16. The molecule has 0 aliphatic carbocycles. The van der Waals surface area contributed by atoms with Crippen molar-refractivity contribution >= 4 is 11.7 Å². The fraction of sp³-hybridized carbons (Fsp3) is 0.300. The molecular weight excluding hydrogens is 214 g/mol. The number of non-ortho nitro benzene ring substituents is 1. The Labute approximate surface area is 91.3 Å². The van der Waals surface area contributed by atoms with Gasteiger partial charge in [0.15, 0.2) is 0 Å². The second-order valence-electron chi connectivity index (χ2n) is 3.50. The Morgan fingerprint density at radius 3 is 2.69 bits per heavy atom. The molecule has 6 heteroatoms. The van der Waals surface area contributed by atoms with Crippen LogP contribution in [0.15, 0.2) is 18.2 Å². The molecule has 0 saturated heterocycles. The maximum atomic E-state index is 10.5. The predicted octanol–water partition coefficient (Wildman–Crippen LogP) is 1.88. The van der Waals surface area contributed by atoms with Crippen LogP contribution in [0.4, 0.5) is 5.69 Å². The van der Waals surface area contributed by atoms with Crippen LogP contribution in [-0.2, 0) is 4.79 Å². The van der Waals surface area contributed by atoms with Gasteiger partial charge in [0.1, 0.15) is 5.75 Å². The minimum Gasteiger partial charge on any atom is -0.508 e. The SMILES string of the molecule is CC(CC(=O)O)c1cc([N+](=O)[O-])ccc1O. The molecule has 1 unspecified atom stereocenters. The number of carboxylic acids is 1. The van der Waals surface area contributed by atoms with Crippen LogP contribution in [0.3, 0.4) is 0 Å². The predicted molar refractivity (Wildman–Crippen MR) is 55.4 cm³/mol. The second kappa shape index (κ2) is 4.61. The number of hydrogen-bond acceptors (Lipinski definition) is 4. The molecule has 0 aliphatic rings. The normalized spacial score (nSPS) is 12.1. The van der Waals surface area contributed by atoms with Gasteiger partial charge in [0, 0.05) is 17.7 Å². The van der Waals surface area contributed by atoms with Gasteiger partial charge < -0.3 is 10.2 Å². The third-order valence-electron chi connectivity index (χ3n) is 2.23. The number of nitro benzene ring substituents is 1. The van der Waals surface area contributed by atoms with Crippen LogP contribution in [0.25, 0.3) is 0 Å². The van der Waals surface area contributed by atoms with Gasteiger partial charge in [0.2, 0.25) is 0 Å². The van der Waals surface area contributed by atoms with Crippen molar-refractivity contribution in [2.75, 3.05) is 0 Å². The van der Waals surface area contributed by atoms with E-state index in [1.807, 2.05) is 0 Å². The number of phenols is 1. The Bertz CT molecular complexity index is 429. The van der Waals surface area contributed by atoms with Crippen LogP contribution in [0.2, 0.25) is 0 Å². The lowest BCUT2D eigenvalue weighted by Crippen LogP contribution is -2.03. The highest BCUT2D eigenvalue weighted by Gasteiger charge is 2.17. The molecule has 0 heterocycles. The lowest BCUT2D eigenvalue weighted by atomic mass is 9.96. The van der Waals surface area contributed by atoms with Crippen LogP contribution in [0, 0.1) is 10.1 Å². The summed E-state index contributed by atoms with van der Waals surface area (Å²) in [5.74, 6) is -1.62. The molecule has 1 atom stereocenters. The van der Waals surface area contributed by atoms with E-state index in [0.717, 1.165) is 0 Å². The number of benzene rings is 1. The van der Waals surface area contributed by atoms with Gasteiger partial charge >= 0.3 is 5.97 Å². The zero-order valence-corrected chi connectivity index (χ0v) is 8.58. The van der Waals surface area contributed by atoms with Crippen LogP contribution in [0.5, 0.6) is 5.75 Å². The Kier molecular flexibility index (Phi) is 3.44. The Morgan fingerprint density at radius 2 is 2.19 bits per heavy atom. The number of hydrogen-bond donors (Lipinski definition) is 2. The minimum atomic E-state index is -1.02. The van der Waals surface area contributed by atoms with E-state index in [4.69, 9.17) is 5.11 Å². The number of carbonyl (C=O) groups is 1. The summed E-state index contributed by atoms with van der Waals surface area (Å²) in [5, 5.41) is 28.6. The van der Waals surface area contributed by atoms with Gasteiger partial charge in [-0.15, -0.1) is 0 Å². The lowest BCUT2D eigenvalue weighted by Gasteiger charge is -2.10. The zero-order valence-electron chi connectivity index (χ0n) is 8.58. The molecule has 0 aliphatic heterocycles. The molecule has 1 rings (SSSR count). The van der Waals surface area contributed by atoms with Gasteiger partial charge in [-0.2, -0.15) is 0 Å². The first kappa shape index (κ1) is 12.0. The number of nitrogens with zero attached hydrogens (tertiary/aromatic N) is 1. The molecule has 16 heavy (non-hydrogen) atoms. The number of nitro groups is 1. The molecule has 1 aromatic carbocycles. The maximum Gasteiger partial charge on any atom is 0.303 e. The molecule has 1 aromatic rings. The van der Waals surface area contributed by atoms with E-state index in [0.29, 0.717) is 0 Å². The molecule has 2 N–H and O–H groups in total. The van der Waals surface area contributed by atoms with Crippen molar-refractivity contribution in [1.82, 2.24) is 0 Å². The van der Waals surface area contributed by atoms with Crippen LogP contribution >= 0.6 is 0 Å². The van der Waals surface area contributed by atoms with Gasteiger partial charge in [-0.25, -0.2) is 0 Å². The standard InChI is InChI=1S/C10H11NO5/c1-6(4-10(13)14)8-5-7(11(15)16)2-3-9(8)12/h2-3,5-6,12H,4H2,1H3,(H,13,14). The summed E-state index contributed by atoms with van der Waals surface area (Å²) in [5.41, 5.74) is 0.113. The highest BCUT2D eigenvalue weighted by Crippen LogP contribution is 2.31. The van der Waals surface area contributed by atoms with Crippen LogP contribution in [0.1, 0.15) is 24.8 Å². The molecule has 0 saturated carbocycles. The van der Waals surface area contributed by atoms with Gasteiger partial charge in [0.25, 0.3) is 5.69 Å². The first-order valence-electron chi connectivity index (χ1n) is 4.61. The quantitative estimate of drug-likeness (QED) is 0.601. The van der Waals surface area contributed by atoms with Crippen molar-refractivity contribution in [2.24, 2.45) is 0 Å². The van der Waals surface area contributed by atoms with Crippen molar-refractivity contribution in [3.05, 3.63) is 33.9 Å². The smallest absolute Gasteiger partial charge is 0.303 e. The van der Waals surface area contributed by atoms with E-state index < -0.39 is 16.8 Å². The summed E-state index contributed by atoms with van der Waals surface area (Å²) in [6.45, 7) is 1.59. The Morgan fingerprint density at radius 1 is 1.56 bits per heavy atom. The summed E-state index contributed by atoms with van der Waals surface area (Å²) in [6.07, 6.45) is -0.186. The van der Waals surface area contributed by atoms with Gasteiger partial charge in [-0.3, -0.25) is 14.9 Å². The monoisotopic (exact) mass is 225 g/mol. The fourth-order valence-electron chi connectivity index (χ4n) is 1.42. The van der Waals surface area contributed by atoms with E-state index in [-0.39, 0.29) is 23.4 Å². The Hall–Kier alpha value is -2.11. The molecule has 0 fully saturated rings. The zero-order chi connectivity index (χ0) is 12.3. The summed E-state index contributed by atoms with van der Waals surface area (Å²) in [7, 11) is 0. The fourth-order valence-corrected chi connectivity index (χ4v) is 1.42. The van der Waals surface area contributed by atoms with Crippen molar-refractivity contribution in [3.8, 4) is 5.75 Å². The van der Waals surface area contributed by atoms with Crippen molar-refractivity contribution in [1.29, 1.82) is 0 Å². The van der Waals surface area contributed by atoms with Crippen molar-refractivity contribution in [3.63, 3.8) is 0 Å². The number of phenolic OH excluding ortho intramolecular Hbond substituents is 1. The van der Waals surface area contributed by atoms with E-state index in [2.05, 4.69) is 0 Å². The summed E-state index contributed by atoms with van der Waals surface area (Å²) >= 11 is 0. The van der Waals surface area contributed by atoms with E-state index in [1.54, 1.807) is 6.92 Å². The van der Waals surface area contributed by atoms with E-state index in [9.17, 15) is 20.0 Å². The number of aromatic hydroxyl groups is 1. The molecule has 0 bridgehead atoms. The van der Waals surface area contributed by atoms with Gasteiger partial charge in [0.05, 0.1) is 11.3 Å². The topological polar surface area (TPSA) is 101 Å². The van der Waals surface area contributed by atoms with Crippen molar-refractivity contribution < 1.29 is 19.9 Å². The minimum absolute atomic E-state index is 0.126. The summed E-state index contributed by atoms with van der Waals surface area (Å²) < 4.78 is 0. The van der Waals surface area contributed by atoms with Crippen LogP contribution < -0.4 is 0 Å². The molecule has 6 nitrogen and oxygen atoms in total. The third kappa shape index (κ3) is 2.69. The number of aliphatic carboxylic acids is 1. The highest BCUT2D eigenvalue weighted by molar-refractivity contribution is 5.68. The first-order valence-corrected chi connectivity index (χ1v) is 4.61. The highest BCUT2D eigenvalue weighted by atomic mass is 16.6. The second-order valence-corrected chi connectivity index (χ2v) is 3.50. The molecule has 0 amide bonds. The lowest BCUT2D eigenvalue weighted by molar-refractivity contribution is -0.385. The molecule has 86 valence electrons. The molecule has 0 spiro atoms. The summed E-state index contributed by atoms with van der Waals surface area (Å²) in [6, 6.07) is 3.57. The van der Waals surface area contributed by atoms with Crippen molar-refractivity contribution in [2.45, 2.75) is 19.3 Å². The Balaban J connectivity index is 3.06. The number of carboxylic acid groups (broad SMARTS) is 1. The third-order valence-corrected chi connectivity index (χ3v) is 2.23.